The number of carbonyl (C=O) groups is 2. The van der Waals surface area contributed by atoms with Crippen molar-refractivity contribution in [2.75, 3.05) is 26.6 Å². The molecular weight excluding hydrogens is 312 g/mol. The van der Waals surface area contributed by atoms with Crippen LogP contribution in [0.1, 0.15) is 16.1 Å². The van der Waals surface area contributed by atoms with Crippen LogP contribution >= 0.6 is 0 Å². The summed E-state index contributed by atoms with van der Waals surface area (Å²) in [6, 6.07) is 6.47. The summed E-state index contributed by atoms with van der Waals surface area (Å²) in [5.74, 6) is 0.560. The second kappa shape index (κ2) is 7.87. The Bertz CT molecular complexity index is 751. The van der Waals surface area contributed by atoms with Gasteiger partial charge in [-0.05, 0) is 24.3 Å². The summed E-state index contributed by atoms with van der Waals surface area (Å²) in [6.45, 7) is 0. The van der Waals surface area contributed by atoms with Crippen molar-refractivity contribution in [3.63, 3.8) is 0 Å². The topological polar surface area (TPSA) is 89.8 Å². The lowest BCUT2D eigenvalue weighted by Gasteiger charge is -2.14. The lowest BCUT2D eigenvalue weighted by molar-refractivity contribution is -0.111. The van der Waals surface area contributed by atoms with E-state index in [9.17, 15) is 9.59 Å². The van der Waals surface area contributed by atoms with Crippen LogP contribution in [0.2, 0.25) is 0 Å². The molecule has 0 bridgehead atoms. The van der Waals surface area contributed by atoms with E-state index in [-0.39, 0.29) is 11.5 Å². The third kappa shape index (κ3) is 3.95. The molecule has 2 amide bonds. The predicted octanol–water partition coefficient (Wildman–Crippen LogP) is 2.31. The van der Waals surface area contributed by atoms with Gasteiger partial charge in [0.2, 0.25) is 5.91 Å². The highest BCUT2D eigenvalue weighted by molar-refractivity contribution is 6.08. The number of nitrogens with one attached hydrogen (secondary N) is 2. The number of rotatable bonds is 6. The molecule has 0 aliphatic rings. The largest absolute Gasteiger partial charge is 0.493 e. The fraction of sp³-hybridized carbons (Fsp3) is 0.176. The summed E-state index contributed by atoms with van der Waals surface area (Å²) >= 11 is 0. The zero-order chi connectivity index (χ0) is 17.5. The summed E-state index contributed by atoms with van der Waals surface area (Å²) in [6.07, 6.45) is 4.34. The molecule has 1 heterocycles. The highest BCUT2D eigenvalue weighted by Crippen LogP contribution is 2.33. The molecule has 1 aromatic heterocycles. The van der Waals surface area contributed by atoms with Crippen LogP contribution < -0.4 is 20.1 Å². The first-order valence-corrected chi connectivity index (χ1v) is 7.09. The minimum atomic E-state index is -0.413. The Hall–Kier alpha value is -3.22. The number of anilines is 1. The molecule has 0 unspecified atom stereocenters. The van der Waals surface area contributed by atoms with Crippen molar-refractivity contribution in [1.82, 2.24) is 5.32 Å². The van der Waals surface area contributed by atoms with Crippen LogP contribution in [0.3, 0.4) is 0 Å². The monoisotopic (exact) mass is 330 g/mol. The van der Waals surface area contributed by atoms with E-state index in [0.29, 0.717) is 22.9 Å². The molecule has 0 fully saturated rings. The number of ether oxygens (including phenoxy) is 2. The average Bonchev–Trinajstić information content (AvgIpc) is 3.12. The first-order valence-electron chi connectivity index (χ1n) is 7.09. The summed E-state index contributed by atoms with van der Waals surface area (Å²) in [5.41, 5.74) is 0.566. The second-order valence-corrected chi connectivity index (χ2v) is 4.67. The van der Waals surface area contributed by atoms with Crippen LogP contribution in [-0.4, -0.2) is 33.1 Å². The van der Waals surface area contributed by atoms with Crippen molar-refractivity contribution in [3.8, 4) is 11.5 Å². The van der Waals surface area contributed by atoms with Crippen LogP contribution in [0.5, 0.6) is 11.5 Å². The summed E-state index contributed by atoms with van der Waals surface area (Å²) in [4.78, 5) is 24.1. The van der Waals surface area contributed by atoms with Crippen LogP contribution in [0.15, 0.2) is 41.0 Å². The summed E-state index contributed by atoms with van der Waals surface area (Å²) in [5, 5.41) is 5.17. The molecule has 0 atom stereocenters. The number of methoxy groups -OCH3 is 2. The first kappa shape index (κ1) is 17.1. The Balaban J connectivity index is 2.29. The van der Waals surface area contributed by atoms with E-state index in [1.54, 1.807) is 12.1 Å². The Morgan fingerprint density at radius 3 is 2.46 bits per heavy atom. The zero-order valence-electron chi connectivity index (χ0n) is 13.6. The summed E-state index contributed by atoms with van der Waals surface area (Å²) in [7, 11) is 4.44. The number of hydrogen-bond donors (Lipinski definition) is 2. The third-order valence-electron chi connectivity index (χ3n) is 3.20. The molecule has 2 N–H and O–H groups in total. The van der Waals surface area contributed by atoms with E-state index in [2.05, 4.69) is 10.6 Å². The van der Waals surface area contributed by atoms with Gasteiger partial charge in [-0.2, -0.15) is 0 Å². The van der Waals surface area contributed by atoms with Crippen molar-refractivity contribution in [1.29, 1.82) is 0 Å². The molecule has 0 saturated carbocycles. The maximum Gasteiger partial charge on any atom is 0.253 e. The van der Waals surface area contributed by atoms with Crippen LogP contribution in [-0.2, 0) is 4.79 Å². The Morgan fingerprint density at radius 2 is 1.88 bits per heavy atom. The molecule has 126 valence electrons. The van der Waals surface area contributed by atoms with Gasteiger partial charge in [0.1, 0.15) is 5.76 Å². The number of carbonyl (C=O) groups excluding carboxylic acids is 2. The summed E-state index contributed by atoms with van der Waals surface area (Å²) < 4.78 is 15.5. The van der Waals surface area contributed by atoms with Crippen LogP contribution in [0.25, 0.3) is 6.08 Å². The molecule has 0 aliphatic heterocycles. The molecule has 2 aromatic rings. The minimum Gasteiger partial charge on any atom is -0.493 e. The van der Waals surface area contributed by atoms with Gasteiger partial charge in [-0.3, -0.25) is 9.59 Å². The molecule has 7 nitrogen and oxygen atoms in total. The number of amides is 2. The molecular formula is C17H18N2O5. The van der Waals surface area contributed by atoms with Gasteiger partial charge in [-0.25, -0.2) is 0 Å². The van der Waals surface area contributed by atoms with Gasteiger partial charge in [-0.15, -0.1) is 0 Å². The third-order valence-corrected chi connectivity index (χ3v) is 3.20. The molecule has 0 spiro atoms. The van der Waals surface area contributed by atoms with Crippen molar-refractivity contribution in [3.05, 3.63) is 47.9 Å². The highest BCUT2D eigenvalue weighted by atomic mass is 16.5. The maximum atomic E-state index is 12.1. The van der Waals surface area contributed by atoms with Gasteiger partial charge in [-0.1, -0.05) is 0 Å². The molecule has 2 rings (SSSR count). The average molecular weight is 330 g/mol. The van der Waals surface area contributed by atoms with Gasteiger partial charge >= 0.3 is 0 Å². The second-order valence-electron chi connectivity index (χ2n) is 4.67. The van der Waals surface area contributed by atoms with Crippen molar-refractivity contribution < 1.29 is 23.5 Å². The molecule has 0 saturated heterocycles. The fourth-order valence-electron chi connectivity index (χ4n) is 2.02. The van der Waals surface area contributed by atoms with E-state index >= 15 is 0 Å². The number of benzene rings is 1. The van der Waals surface area contributed by atoms with Gasteiger partial charge in [0, 0.05) is 19.2 Å². The molecule has 24 heavy (non-hydrogen) atoms. The SMILES string of the molecule is CNC(=O)c1cc(OC)c(OC)cc1NC(=O)/C=C/c1ccco1. The Morgan fingerprint density at radius 1 is 1.17 bits per heavy atom. The Labute approximate surface area is 139 Å². The first-order chi connectivity index (χ1) is 11.6. The van der Waals surface area contributed by atoms with Gasteiger partial charge in [0.05, 0.1) is 31.7 Å². The predicted molar refractivity (Wildman–Crippen MR) is 89.3 cm³/mol. The van der Waals surface area contributed by atoms with E-state index in [1.165, 1.54) is 51.8 Å². The normalized spacial score (nSPS) is 10.5. The molecule has 0 radical (unpaired) electrons. The van der Waals surface area contributed by atoms with E-state index in [0.717, 1.165) is 0 Å². The number of furan rings is 1. The van der Waals surface area contributed by atoms with Gasteiger partial charge in [0.15, 0.2) is 11.5 Å². The quantitative estimate of drug-likeness (QED) is 0.793. The highest BCUT2D eigenvalue weighted by Gasteiger charge is 2.17. The van der Waals surface area contributed by atoms with Crippen molar-refractivity contribution in [2.45, 2.75) is 0 Å². The van der Waals surface area contributed by atoms with Gasteiger partial charge in [0.25, 0.3) is 5.91 Å². The lowest BCUT2D eigenvalue weighted by Crippen LogP contribution is -2.21. The minimum absolute atomic E-state index is 0.259. The lowest BCUT2D eigenvalue weighted by atomic mass is 10.1. The molecule has 7 heteroatoms. The number of hydrogen-bond acceptors (Lipinski definition) is 5. The zero-order valence-corrected chi connectivity index (χ0v) is 13.6. The van der Waals surface area contributed by atoms with E-state index in [1.807, 2.05) is 0 Å². The van der Waals surface area contributed by atoms with Gasteiger partial charge < -0.3 is 24.5 Å². The van der Waals surface area contributed by atoms with E-state index in [4.69, 9.17) is 13.9 Å². The smallest absolute Gasteiger partial charge is 0.253 e. The Kier molecular flexibility index (Phi) is 5.62. The molecule has 1 aromatic carbocycles. The standard InChI is InChI=1S/C17H18N2O5/c1-18-17(21)12-9-14(22-2)15(23-3)10-13(12)19-16(20)7-6-11-5-4-8-24-11/h4-10H,1-3H3,(H,18,21)(H,19,20)/b7-6+. The van der Waals surface area contributed by atoms with Crippen molar-refractivity contribution >= 4 is 23.6 Å². The fourth-order valence-corrected chi connectivity index (χ4v) is 2.02. The maximum absolute atomic E-state index is 12.1. The van der Waals surface area contributed by atoms with Crippen LogP contribution in [0, 0.1) is 0 Å². The van der Waals surface area contributed by atoms with E-state index < -0.39 is 5.91 Å². The van der Waals surface area contributed by atoms with Crippen LogP contribution in [0.4, 0.5) is 5.69 Å². The van der Waals surface area contributed by atoms with Crippen molar-refractivity contribution in [2.24, 2.45) is 0 Å². The molecule has 0 aliphatic carbocycles.